The van der Waals surface area contributed by atoms with Crippen molar-refractivity contribution in [1.82, 2.24) is 0 Å². The van der Waals surface area contributed by atoms with E-state index >= 15 is 0 Å². The van der Waals surface area contributed by atoms with Gasteiger partial charge >= 0.3 is 0 Å². The Kier molecular flexibility index (Phi) is 4.06. The van der Waals surface area contributed by atoms with Crippen LogP contribution in [0.5, 0.6) is 0 Å². The first-order valence-corrected chi connectivity index (χ1v) is 6.73. The topological polar surface area (TPSA) is 23.5 Å². The summed E-state index contributed by atoms with van der Waals surface area (Å²) in [5.74, 6) is 0. The molecule has 0 spiro atoms. The fraction of sp³-hybridized carbons (Fsp3) is 0.600. The third-order valence-electron chi connectivity index (χ3n) is 3.50. The van der Waals surface area contributed by atoms with Crippen LogP contribution in [0.3, 0.4) is 0 Å². The number of β-amino-alcohol motifs (C(OH)–C–C–N with tert-alkyl or cyclic N) is 1. The van der Waals surface area contributed by atoms with Crippen LogP contribution in [-0.4, -0.2) is 24.3 Å². The minimum atomic E-state index is -0.188. The zero-order valence-corrected chi connectivity index (χ0v) is 10.9. The fourth-order valence-corrected chi connectivity index (χ4v) is 2.67. The fourth-order valence-electron chi connectivity index (χ4n) is 2.67. The maximum Gasteiger partial charge on any atom is 0.0715 e. The van der Waals surface area contributed by atoms with E-state index in [2.05, 4.69) is 36.9 Å². The lowest BCUT2D eigenvalue weighted by Gasteiger charge is -2.33. The summed E-state index contributed by atoms with van der Waals surface area (Å²) in [5.41, 5.74) is 4.11. The van der Waals surface area contributed by atoms with E-state index in [1.54, 1.807) is 0 Å². The summed E-state index contributed by atoms with van der Waals surface area (Å²) in [6, 6.07) is 6.67. The van der Waals surface area contributed by atoms with Crippen LogP contribution in [0, 0.1) is 6.92 Å². The van der Waals surface area contributed by atoms with Crippen LogP contribution in [0.25, 0.3) is 0 Å². The summed E-state index contributed by atoms with van der Waals surface area (Å²) >= 11 is 0. The number of nitrogens with zero attached hydrogens (tertiary/aromatic N) is 1. The molecule has 1 heterocycles. The monoisotopic (exact) mass is 233 g/mol. The van der Waals surface area contributed by atoms with E-state index in [4.69, 9.17) is 0 Å². The van der Waals surface area contributed by atoms with Crippen LogP contribution in [0.2, 0.25) is 0 Å². The van der Waals surface area contributed by atoms with Gasteiger partial charge in [-0.1, -0.05) is 31.0 Å². The first kappa shape index (κ1) is 12.4. The van der Waals surface area contributed by atoms with Gasteiger partial charge in [-0.05, 0) is 37.8 Å². The smallest absolute Gasteiger partial charge is 0.0715 e. The highest BCUT2D eigenvalue weighted by atomic mass is 16.3. The van der Waals surface area contributed by atoms with Gasteiger partial charge in [-0.15, -0.1) is 0 Å². The van der Waals surface area contributed by atoms with Crippen molar-refractivity contribution in [2.75, 3.05) is 18.0 Å². The van der Waals surface area contributed by atoms with Gasteiger partial charge in [0.25, 0.3) is 0 Å². The van der Waals surface area contributed by atoms with Gasteiger partial charge in [-0.2, -0.15) is 0 Å². The quantitative estimate of drug-likeness (QED) is 0.864. The lowest BCUT2D eigenvalue weighted by molar-refractivity contribution is 0.168. The molecular formula is C15H23NO. The zero-order valence-electron chi connectivity index (χ0n) is 10.9. The molecule has 0 bridgehead atoms. The highest BCUT2D eigenvalue weighted by Gasteiger charge is 2.18. The number of hydrogen-bond acceptors (Lipinski definition) is 2. The lowest BCUT2D eigenvalue weighted by atomic mass is 9.99. The standard InChI is InChI=1S/C15H23NO/c1-3-5-14(17)11-16-9-4-6-13-10-12(2)7-8-15(13)16/h7-8,10,14,17H,3-6,9,11H2,1-2H3. The van der Waals surface area contributed by atoms with Crippen LogP contribution in [0.1, 0.15) is 37.3 Å². The molecule has 2 heteroatoms. The van der Waals surface area contributed by atoms with Gasteiger partial charge in [-0.25, -0.2) is 0 Å². The summed E-state index contributed by atoms with van der Waals surface area (Å²) in [5, 5.41) is 9.94. The van der Waals surface area contributed by atoms with Crippen molar-refractivity contribution in [3.8, 4) is 0 Å². The minimum Gasteiger partial charge on any atom is -0.391 e. The Morgan fingerprint density at radius 3 is 3.00 bits per heavy atom. The molecule has 0 amide bonds. The van der Waals surface area contributed by atoms with Crippen LogP contribution >= 0.6 is 0 Å². The predicted molar refractivity (Wildman–Crippen MR) is 72.6 cm³/mol. The molecule has 1 atom stereocenters. The number of benzene rings is 1. The van der Waals surface area contributed by atoms with E-state index in [-0.39, 0.29) is 6.10 Å². The second-order valence-electron chi connectivity index (χ2n) is 5.12. The van der Waals surface area contributed by atoms with Gasteiger partial charge in [-0.3, -0.25) is 0 Å². The summed E-state index contributed by atoms with van der Waals surface area (Å²) < 4.78 is 0. The molecule has 0 fully saturated rings. The Morgan fingerprint density at radius 1 is 1.41 bits per heavy atom. The number of fused-ring (bicyclic) bond motifs is 1. The summed E-state index contributed by atoms with van der Waals surface area (Å²) in [4.78, 5) is 2.35. The second-order valence-corrected chi connectivity index (χ2v) is 5.12. The van der Waals surface area contributed by atoms with Crippen molar-refractivity contribution in [3.63, 3.8) is 0 Å². The first-order chi connectivity index (χ1) is 8.20. The summed E-state index contributed by atoms with van der Waals surface area (Å²) in [6.45, 7) is 6.13. The molecule has 1 aromatic carbocycles. The number of hydrogen-bond donors (Lipinski definition) is 1. The van der Waals surface area contributed by atoms with Crippen LogP contribution < -0.4 is 4.90 Å². The molecule has 0 radical (unpaired) electrons. The molecule has 2 nitrogen and oxygen atoms in total. The Labute approximate surface area is 104 Å². The molecule has 2 rings (SSSR count). The maximum atomic E-state index is 9.94. The largest absolute Gasteiger partial charge is 0.391 e. The van der Waals surface area contributed by atoms with E-state index < -0.39 is 0 Å². The molecule has 1 N–H and O–H groups in total. The SMILES string of the molecule is CCCC(O)CN1CCCc2cc(C)ccc21. The average molecular weight is 233 g/mol. The van der Waals surface area contributed by atoms with Gasteiger partial charge in [0.05, 0.1) is 6.10 Å². The van der Waals surface area contributed by atoms with E-state index in [0.29, 0.717) is 0 Å². The van der Waals surface area contributed by atoms with E-state index in [1.165, 1.54) is 29.7 Å². The van der Waals surface area contributed by atoms with Crippen molar-refractivity contribution in [3.05, 3.63) is 29.3 Å². The number of aryl methyl sites for hydroxylation is 2. The second kappa shape index (κ2) is 5.54. The van der Waals surface area contributed by atoms with Gasteiger partial charge in [0.15, 0.2) is 0 Å². The van der Waals surface area contributed by atoms with Crippen LogP contribution in [0.15, 0.2) is 18.2 Å². The highest BCUT2D eigenvalue weighted by Crippen LogP contribution is 2.28. The molecule has 1 unspecified atom stereocenters. The molecule has 0 saturated heterocycles. The molecule has 1 aliphatic rings. The molecule has 0 aromatic heterocycles. The highest BCUT2D eigenvalue weighted by molar-refractivity contribution is 5.56. The van der Waals surface area contributed by atoms with Crippen molar-refractivity contribution in [2.24, 2.45) is 0 Å². The minimum absolute atomic E-state index is 0.188. The van der Waals surface area contributed by atoms with Gasteiger partial charge in [0, 0.05) is 18.8 Å². The molecule has 1 aromatic rings. The van der Waals surface area contributed by atoms with Crippen molar-refractivity contribution in [2.45, 2.75) is 45.6 Å². The molecule has 17 heavy (non-hydrogen) atoms. The molecule has 1 aliphatic heterocycles. The van der Waals surface area contributed by atoms with Crippen molar-refractivity contribution in [1.29, 1.82) is 0 Å². The number of aliphatic hydroxyl groups excluding tert-OH is 1. The summed E-state index contributed by atoms with van der Waals surface area (Å²) in [7, 11) is 0. The molecule has 0 aliphatic carbocycles. The molecular weight excluding hydrogens is 210 g/mol. The van der Waals surface area contributed by atoms with Crippen molar-refractivity contribution >= 4 is 5.69 Å². The Bertz CT molecular complexity index is 375. The average Bonchev–Trinajstić information content (AvgIpc) is 2.29. The Balaban J connectivity index is 2.11. The predicted octanol–water partition coefficient (Wildman–Crippen LogP) is 2.91. The Hall–Kier alpha value is -1.02. The van der Waals surface area contributed by atoms with E-state index in [9.17, 15) is 5.11 Å². The Morgan fingerprint density at radius 2 is 2.24 bits per heavy atom. The number of rotatable bonds is 4. The van der Waals surface area contributed by atoms with E-state index in [0.717, 1.165) is 25.9 Å². The van der Waals surface area contributed by atoms with Gasteiger partial charge < -0.3 is 10.0 Å². The third-order valence-corrected chi connectivity index (χ3v) is 3.50. The van der Waals surface area contributed by atoms with Gasteiger partial charge in [0.1, 0.15) is 0 Å². The molecule has 94 valence electrons. The lowest BCUT2D eigenvalue weighted by Crippen LogP contribution is -2.36. The maximum absolute atomic E-state index is 9.94. The first-order valence-electron chi connectivity index (χ1n) is 6.73. The normalized spacial score (nSPS) is 16.8. The van der Waals surface area contributed by atoms with Gasteiger partial charge in [0.2, 0.25) is 0 Å². The summed E-state index contributed by atoms with van der Waals surface area (Å²) in [6.07, 6.45) is 4.15. The van der Waals surface area contributed by atoms with Crippen LogP contribution in [0.4, 0.5) is 5.69 Å². The molecule has 0 saturated carbocycles. The zero-order chi connectivity index (χ0) is 12.3. The third kappa shape index (κ3) is 3.01. The van der Waals surface area contributed by atoms with E-state index in [1.807, 2.05) is 0 Å². The number of aliphatic hydroxyl groups is 1. The number of anilines is 1. The van der Waals surface area contributed by atoms with Crippen molar-refractivity contribution < 1.29 is 5.11 Å². The van der Waals surface area contributed by atoms with Crippen LogP contribution in [-0.2, 0) is 6.42 Å².